The standard InChI is InChI=1S/C20H22N2O6/c1-4-8-13-14(17(23)26-3)20(15(16(21)28-13)18(24)27-5-2)11-9-6-7-10-12(11)22-19(20)25/h6-7,9-10H,4-5,8,21H2,1-3H3,(H,22,25)/t20-/m0/s1. The van der Waals surface area contributed by atoms with E-state index >= 15 is 0 Å². The quantitative estimate of drug-likeness (QED) is 0.742. The smallest absolute Gasteiger partial charge is 0.341 e. The number of esters is 2. The molecule has 1 aromatic carbocycles. The fraction of sp³-hybridized carbons (Fsp3) is 0.350. The Hall–Kier alpha value is -3.29. The van der Waals surface area contributed by atoms with Crippen LogP contribution < -0.4 is 11.1 Å². The van der Waals surface area contributed by atoms with Crippen LogP contribution in [0.3, 0.4) is 0 Å². The van der Waals surface area contributed by atoms with Crippen LogP contribution >= 0.6 is 0 Å². The molecule has 0 aromatic heterocycles. The molecule has 148 valence electrons. The number of anilines is 1. The summed E-state index contributed by atoms with van der Waals surface area (Å²) in [5.74, 6) is -2.25. The summed E-state index contributed by atoms with van der Waals surface area (Å²) < 4.78 is 15.8. The highest BCUT2D eigenvalue weighted by atomic mass is 16.5. The van der Waals surface area contributed by atoms with Crippen molar-refractivity contribution in [2.24, 2.45) is 5.73 Å². The highest BCUT2D eigenvalue weighted by Gasteiger charge is 2.61. The summed E-state index contributed by atoms with van der Waals surface area (Å²) in [6.45, 7) is 3.59. The van der Waals surface area contributed by atoms with E-state index in [1.54, 1.807) is 31.2 Å². The highest BCUT2D eigenvalue weighted by Crippen LogP contribution is 2.52. The van der Waals surface area contributed by atoms with Gasteiger partial charge in [0.1, 0.15) is 22.3 Å². The summed E-state index contributed by atoms with van der Waals surface area (Å²) in [4.78, 5) is 39.0. The Balaban J connectivity index is 2.41. The summed E-state index contributed by atoms with van der Waals surface area (Å²) in [6.07, 6.45) is 0.954. The first-order chi connectivity index (χ1) is 13.4. The van der Waals surface area contributed by atoms with E-state index < -0.39 is 23.3 Å². The first-order valence-corrected chi connectivity index (χ1v) is 9.01. The van der Waals surface area contributed by atoms with Gasteiger partial charge in [0, 0.05) is 17.7 Å². The molecule has 28 heavy (non-hydrogen) atoms. The largest absolute Gasteiger partial charge is 0.466 e. The zero-order valence-electron chi connectivity index (χ0n) is 16.0. The van der Waals surface area contributed by atoms with Gasteiger partial charge in [-0.05, 0) is 19.4 Å². The normalized spacial score (nSPS) is 20.6. The summed E-state index contributed by atoms with van der Waals surface area (Å²) in [5.41, 5.74) is 4.91. The molecule has 0 aliphatic carbocycles. The van der Waals surface area contributed by atoms with Crippen molar-refractivity contribution in [2.45, 2.75) is 32.1 Å². The summed E-state index contributed by atoms with van der Waals surface area (Å²) in [7, 11) is 1.21. The van der Waals surface area contributed by atoms with Gasteiger partial charge in [0.2, 0.25) is 11.8 Å². The van der Waals surface area contributed by atoms with E-state index in [1.807, 2.05) is 6.92 Å². The average molecular weight is 386 g/mol. The number of ether oxygens (including phenoxy) is 3. The zero-order chi connectivity index (χ0) is 20.5. The lowest BCUT2D eigenvalue weighted by molar-refractivity contribution is -0.142. The second-order valence-corrected chi connectivity index (χ2v) is 6.35. The first-order valence-electron chi connectivity index (χ1n) is 9.01. The zero-order valence-corrected chi connectivity index (χ0v) is 16.0. The van der Waals surface area contributed by atoms with Crippen molar-refractivity contribution in [1.29, 1.82) is 0 Å². The van der Waals surface area contributed by atoms with Gasteiger partial charge >= 0.3 is 11.9 Å². The molecule has 0 fully saturated rings. The number of rotatable bonds is 5. The maximum absolute atomic E-state index is 13.3. The molecule has 0 bridgehead atoms. The van der Waals surface area contributed by atoms with Gasteiger partial charge in [0.05, 0.1) is 13.7 Å². The van der Waals surface area contributed by atoms with Gasteiger partial charge in [0.25, 0.3) is 0 Å². The molecular formula is C20H22N2O6. The van der Waals surface area contributed by atoms with Gasteiger partial charge < -0.3 is 25.3 Å². The van der Waals surface area contributed by atoms with Gasteiger partial charge in [-0.3, -0.25) is 4.79 Å². The molecule has 1 atom stereocenters. The second-order valence-electron chi connectivity index (χ2n) is 6.35. The summed E-state index contributed by atoms with van der Waals surface area (Å²) in [5, 5.41) is 2.74. The van der Waals surface area contributed by atoms with Crippen LogP contribution in [0.2, 0.25) is 0 Å². The Labute approximate surface area is 162 Å². The molecule has 1 spiro atoms. The van der Waals surface area contributed by atoms with Crippen LogP contribution in [0.1, 0.15) is 32.3 Å². The number of hydrogen-bond donors (Lipinski definition) is 2. The Kier molecular flexibility index (Phi) is 5.13. The Morgan fingerprint density at radius 3 is 2.54 bits per heavy atom. The highest BCUT2D eigenvalue weighted by molar-refractivity contribution is 6.21. The number of nitrogens with one attached hydrogen (secondary N) is 1. The van der Waals surface area contributed by atoms with E-state index in [4.69, 9.17) is 19.9 Å². The minimum atomic E-state index is -1.80. The van der Waals surface area contributed by atoms with Crippen LogP contribution in [-0.4, -0.2) is 31.6 Å². The van der Waals surface area contributed by atoms with Crippen molar-refractivity contribution < 1.29 is 28.6 Å². The van der Waals surface area contributed by atoms with Crippen molar-refractivity contribution >= 4 is 23.5 Å². The topological polar surface area (TPSA) is 117 Å². The molecule has 1 aromatic rings. The lowest BCUT2D eigenvalue weighted by Crippen LogP contribution is -2.48. The van der Waals surface area contributed by atoms with Gasteiger partial charge in [-0.15, -0.1) is 0 Å². The number of para-hydroxylation sites is 1. The third kappa shape index (κ3) is 2.64. The van der Waals surface area contributed by atoms with Crippen molar-refractivity contribution in [1.82, 2.24) is 0 Å². The number of amides is 1. The molecule has 1 amide bonds. The van der Waals surface area contributed by atoms with E-state index in [2.05, 4.69) is 5.32 Å². The molecule has 3 N–H and O–H groups in total. The van der Waals surface area contributed by atoms with Crippen molar-refractivity contribution in [3.8, 4) is 0 Å². The van der Waals surface area contributed by atoms with Gasteiger partial charge in [-0.1, -0.05) is 25.1 Å². The SMILES string of the molecule is CCCC1=C(C(=O)OC)[C@]2(C(=O)Nc3ccccc32)C(C(=O)OCC)=C(N)O1. The van der Waals surface area contributed by atoms with Crippen molar-refractivity contribution in [2.75, 3.05) is 19.0 Å². The van der Waals surface area contributed by atoms with E-state index in [0.29, 0.717) is 24.1 Å². The molecule has 2 heterocycles. The number of carbonyl (C=O) groups excluding carboxylic acids is 3. The lowest BCUT2D eigenvalue weighted by Gasteiger charge is -2.36. The molecule has 0 unspecified atom stereocenters. The monoisotopic (exact) mass is 386 g/mol. The van der Waals surface area contributed by atoms with Crippen molar-refractivity contribution in [3.63, 3.8) is 0 Å². The predicted molar refractivity (Wildman–Crippen MR) is 99.6 cm³/mol. The molecule has 0 radical (unpaired) electrons. The number of carbonyl (C=O) groups is 3. The third-order valence-corrected chi connectivity index (χ3v) is 4.77. The number of nitrogens with two attached hydrogens (primary N) is 1. The first kappa shape index (κ1) is 19.5. The molecular weight excluding hydrogens is 364 g/mol. The number of methoxy groups -OCH3 is 1. The molecule has 8 heteroatoms. The minimum Gasteiger partial charge on any atom is -0.466 e. The van der Waals surface area contributed by atoms with Crippen LogP contribution in [0.25, 0.3) is 0 Å². The number of allylic oxidation sites excluding steroid dienone is 1. The molecule has 3 rings (SSSR count). The Morgan fingerprint density at radius 2 is 1.89 bits per heavy atom. The molecule has 2 aliphatic heterocycles. The molecule has 8 nitrogen and oxygen atoms in total. The van der Waals surface area contributed by atoms with Crippen LogP contribution in [-0.2, 0) is 34.0 Å². The minimum absolute atomic E-state index is 0.0587. The maximum Gasteiger partial charge on any atom is 0.341 e. The van der Waals surface area contributed by atoms with E-state index in [0.717, 1.165) is 0 Å². The average Bonchev–Trinajstić information content (AvgIpc) is 2.94. The Bertz CT molecular complexity index is 917. The van der Waals surface area contributed by atoms with E-state index in [1.165, 1.54) is 7.11 Å². The third-order valence-electron chi connectivity index (χ3n) is 4.77. The molecule has 2 aliphatic rings. The number of hydrogen-bond acceptors (Lipinski definition) is 7. The van der Waals surface area contributed by atoms with E-state index in [9.17, 15) is 14.4 Å². The second kappa shape index (κ2) is 7.38. The molecule has 0 saturated carbocycles. The van der Waals surface area contributed by atoms with Gasteiger partial charge in [-0.25, -0.2) is 9.59 Å². The Morgan fingerprint density at radius 1 is 1.18 bits per heavy atom. The van der Waals surface area contributed by atoms with Crippen LogP contribution in [0.4, 0.5) is 5.69 Å². The van der Waals surface area contributed by atoms with Gasteiger partial charge in [-0.2, -0.15) is 0 Å². The lowest BCUT2D eigenvalue weighted by atomic mass is 9.67. The van der Waals surface area contributed by atoms with Gasteiger partial charge in [0.15, 0.2) is 0 Å². The summed E-state index contributed by atoms with van der Waals surface area (Å²) in [6, 6.07) is 6.80. The summed E-state index contributed by atoms with van der Waals surface area (Å²) >= 11 is 0. The number of benzene rings is 1. The fourth-order valence-corrected chi connectivity index (χ4v) is 3.74. The van der Waals surface area contributed by atoms with Crippen LogP contribution in [0, 0.1) is 0 Å². The molecule has 0 saturated heterocycles. The van der Waals surface area contributed by atoms with Crippen LogP contribution in [0.15, 0.2) is 47.1 Å². The fourth-order valence-electron chi connectivity index (χ4n) is 3.74. The predicted octanol–water partition coefficient (Wildman–Crippen LogP) is 1.87. The van der Waals surface area contributed by atoms with E-state index in [-0.39, 0.29) is 29.4 Å². The maximum atomic E-state index is 13.3. The van der Waals surface area contributed by atoms with Crippen molar-refractivity contribution in [3.05, 3.63) is 52.6 Å². The number of fused-ring (bicyclic) bond motifs is 2. The van der Waals surface area contributed by atoms with Crippen LogP contribution in [0.5, 0.6) is 0 Å².